The molecule has 0 aliphatic carbocycles. The van der Waals surface area contributed by atoms with Gasteiger partial charge >= 0.3 is 0 Å². The lowest BCUT2D eigenvalue weighted by molar-refractivity contribution is 0.305. The van der Waals surface area contributed by atoms with Crippen molar-refractivity contribution < 1.29 is 9.47 Å². The van der Waals surface area contributed by atoms with Crippen LogP contribution in [-0.4, -0.2) is 38.1 Å². The van der Waals surface area contributed by atoms with E-state index in [1.54, 1.807) is 7.11 Å². The summed E-state index contributed by atoms with van der Waals surface area (Å²) in [4.78, 5) is 18.5. The van der Waals surface area contributed by atoms with Crippen molar-refractivity contribution in [2.75, 3.05) is 13.7 Å². The summed E-state index contributed by atoms with van der Waals surface area (Å²) in [6.07, 6.45) is 8.48. The molecule has 0 fully saturated rings. The number of benzene rings is 3. The number of rotatable bonds is 11. The lowest BCUT2D eigenvalue weighted by atomic mass is 10.1. The lowest BCUT2D eigenvalue weighted by Gasteiger charge is -2.07. The van der Waals surface area contributed by atoms with Crippen LogP contribution in [0.3, 0.4) is 0 Å². The van der Waals surface area contributed by atoms with Gasteiger partial charge in [0.2, 0.25) is 4.96 Å². The Hall–Kier alpha value is -4.76. The Morgan fingerprint density at radius 1 is 0.857 bits per heavy atom. The highest BCUT2D eigenvalue weighted by atomic mass is 32.1. The van der Waals surface area contributed by atoms with Crippen LogP contribution in [-0.2, 0) is 0 Å². The van der Waals surface area contributed by atoms with Crippen LogP contribution in [0, 0.1) is 0 Å². The molecular formula is C33H31N5O3S. The molecule has 3 aromatic heterocycles. The summed E-state index contributed by atoms with van der Waals surface area (Å²) >= 11 is 1.31. The van der Waals surface area contributed by atoms with Crippen molar-refractivity contribution in [2.24, 2.45) is 0 Å². The molecule has 0 saturated carbocycles. The second kappa shape index (κ2) is 12.4. The Kier molecular flexibility index (Phi) is 8.09. The Balaban J connectivity index is 1.34. The molecule has 8 nitrogen and oxygen atoms in total. The molecule has 0 aliphatic heterocycles. The Morgan fingerprint density at radius 3 is 2.31 bits per heavy atom. The minimum absolute atomic E-state index is 0.215. The van der Waals surface area contributed by atoms with Gasteiger partial charge in [-0.1, -0.05) is 55.7 Å². The summed E-state index contributed by atoms with van der Waals surface area (Å²) in [7, 11) is 1.62. The molecule has 0 bridgehead atoms. The van der Waals surface area contributed by atoms with E-state index in [1.165, 1.54) is 35.1 Å². The zero-order valence-electron chi connectivity index (χ0n) is 23.6. The van der Waals surface area contributed by atoms with Gasteiger partial charge < -0.3 is 9.47 Å². The molecule has 6 rings (SSSR count). The third-order valence-electron chi connectivity index (χ3n) is 6.97. The van der Waals surface area contributed by atoms with Gasteiger partial charge in [0.1, 0.15) is 17.2 Å². The summed E-state index contributed by atoms with van der Waals surface area (Å²) in [5.41, 5.74) is 4.06. The number of hydrogen-bond acceptors (Lipinski definition) is 7. The van der Waals surface area contributed by atoms with Gasteiger partial charge in [0.15, 0.2) is 5.82 Å². The van der Waals surface area contributed by atoms with Crippen LogP contribution in [0.15, 0.2) is 89.9 Å². The third kappa shape index (κ3) is 5.82. The first-order valence-electron chi connectivity index (χ1n) is 14.1. The minimum atomic E-state index is -0.215. The van der Waals surface area contributed by atoms with Crippen molar-refractivity contribution in [3.63, 3.8) is 0 Å². The van der Waals surface area contributed by atoms with Gasteiger partial charge in [0, 0.05) is 22.9 Å². The molecule has 0 N–H and O–H groups in total. The number of para-hydroxylation sites is 1. The average molecular weight is 578 g/mol. The molecule has 3 heterocycles. The molecule has 0 radical (unpaired) electrons. The monoisotopic (exact) mass is 577 g/mol. The van der Waals surface area contributed by atoms with E-state index in [0.717, 1.165) is 46.0 Å². The van der Waals surface area contributed by atoms with E-state index in [9.17, 15) is 4.79 Å². The van der Waals surface area contributed by atoms with E-state index >= 15 is 0 Å². The maximum absolute atomic E-state index is 13.4. The Morgan fingerprint density at radius 2 is 1.60 bits per heavy atom. The van der Waals surface area contributed by atoms with Crippen LogP contribution in [0.4, 0.5) is 0 Å². The molecule has 0 spiro atoms. The summed E-state index contributed by atoms with van der Waals surface area (Å²) in [5.74, 6) is 2.08. The van der Waals surface area contributed by atoms with Crippen LogP contribution >= 0.6 is 11.3 Å². The molecule has 3 aromatic carbocycles. The Labute approximate surface area is 247 Å². The standard InChI is InChI=1S/C33H31N5O3S/c1-3-4-5-9-20-41-28-18-12-23(13-19-28)30-25(22-37(35-30)26-10-7-6-8-11-26)21-29-32(39)38-33(42-29)34-31(36-38)24-14-16-27(40-2)17-15-24/h6-8,10-19,21-22H,3-5,9,20H2,1-2H3/b29-21-. The quantitative estimate of drug-likeness (QED) is 0.171. The molecule has 9 heteroatoms. The van der Waals surface area contributed by atoms with Gasteiger partial charge in [0.05, 0.1) is 23.9 Å². The predicted octanol–water partition coefficient (Wildman–Crippen LogP) is 6.19. The molecule has 6 aromatic rings. The largest absolute Gasteiger partial charge is 0.497 e. The molecule has 212 valence electrons. The molecule has 0 unspecified atom stereocenters. The fourth-order valence-corrected chi connectivity index (χ4v) is 5.59. The molecule has 0 amide bonds. The predicted molar refractivity (Wildman–Crippen MR) is 167 cm³/mol. The summed E-state index contributed by atoms with van der Waals surface area (Å²) in [6, 6.07) is 25.3. The number of thiazole rings is 1. The highest BCUT2D eigenvalue weighted by molar-refractivity contribution is 7.15. The fraction of sp³-hybridized carbons (Fsp3) is 0.212. The zero-order valence-corrected chi connectivity index (χ0v) is 24.4. The highest BCUT2D eigenvalue weighted by Crippen LogP contribution is 2.27. The maximum Gasteiger partial charge on any atom is 0.291 e. The first kappa shape index (κ1) is 27.4. The molecular weight excluding hydrogens is 546 g/mol. The number of unbranched alkanes of at least 4 members (excludes halogenated alkanes) is 3. The van der Waals surface area contributed by atoms with Gasteiger partial charge in [-0.05, 0) is 73.2 Å². The molecule has 42 heavy (non-hydrogen) atoms. The topological polar surface area (TPSA) is 83.5 Å². The molecule has 0 aliphatic rings. The van der Waals surface area contributed by atoms with Crippen LogP contribution in [0.2, 0.25) is 0 Å². The summed E-state index contributed by atoms with van der Waals surface area (Å²) < 4.78 is 14.9. The third-order valence-corrected chi connectivity index (χ3v) is 7.93. The van der Waals surface area contributed by atoms with Gasteiger partial charge in [-0.25, -0.2) is 4.68 Å². The number of aromatic nitrogens is 5. The van der Waals surface area contributed by atoms with Crippen LogP contribution in [0.25, 0.3) is 39.4 Å². The summed E-state index contributed by atoms with van der Waals surface area (Å²) in [5, 5.41) is 9.40. The summed E-state index contributed by atoms with van der Waals surface area (Å²) in [6.45, 7) is 2.91. The van der Waals surface area contributed by atoms with Gasteiger partial charge in [-0.15, -0.1) is 5.10 Å². The number of nitrogens with zero attached hydrogens (tertiary/aromatic N) is 5. The second-order valence-corrected chi connectivity index (χ2v) is 10.9. The van der Waals surface area contributed by atoms with Gasteiger partial charge in [0.25, 0.3) is 5.56 Å². The minimum Gasteiger partial charge on any atom is -0.497 e. The van der Waals surface area contributed by atoms with Crippen molar-refractivity contribution >= 4 is 22.4 Å². The zero-order chi connectivity index (χ0) is 28.9. The average Bonchev–Trinajstić information content (AvgIpc) is 3.73. The smallest absolute Gasteiger partial charge is 0.291 e. The number of fused-ring (bicyclic) bond motifs is 1. The van der Waals surface area contributed by atoms with Crippen molar-refractivity contribution in [1.29, 1.82) is 0 Å². The van der Waals surface area contributed by atoms with Crippen molar-refractivity contribution in [3.8, 4) is 39.8 Å². The number of hydrogen-bond donors (Lipinski definition) is 0. The van der Waals surface area contributed by atoms with Crippen LogP contribution in [0.5, 0.6) is 11.5 Å². The maximum atomic E-state index is 13.4. The first-order valence-corrected chi connectivity index (χ1v) is 14.9. The van der Waals surface area contributed by atoms with E-state index in [0.29, 0.717) is 21.9 Å². The van der Waals surface area contributed by atoms with Crippen LogP contribution in [0.1, 0.15) is 38.2 Å². The number of methoxy groups -OCH3 is 1. The fourth-order valence-electron chi connectivity index (χ4n) is 4.70. The Bertz CT molecular complexity index is 1890. The van der Waals surface area contributed by atoms with Crippen molar-refractivity contribution in [3.05, 3.63) is 106 Å². The molecule has 0 saturated heterocycles. The lowest BCUT2D eigenvalue weighted by Crippen LogP contribution is -2.23. The SMILES string of the molecule is CCCCCCOc1ccc(-c2nn(-c3ccccc3)cc2/C=c2\sc3nc(-c4ccc(OC)cc4)nn3c2=O)cc1. The normalized spacial score (nSPS) is 11.8. The first-order chi connectivity index (χ1) is 20.6. The van der Waals surface area contributed by atoms with Crippen molar-refractivity contribution in [1.82, 2.24) is 24.4 Å². The van der Waals surface area contributed by atoms with Crippen LogP contribution < -0.4 is 19.6 Å². The van der Waals surface area contributed by atoms with Gasteiger partial charge in [-0.2, -0.15) is 14.6 Å². The van der Waals surface area contributed by atoms with E-state index in [1.807, 2.05) is 95.8 Å². The molecule has 0 atom stereocenters. The van der Waals surface area contributed by atoms with E-state index in [2.05, 4.69) is 17.0 Å². The number of ether oxygens (including phenoxy) is 2. The van der Waals surface area contributed by atoms with Crippen molar-refractivity contribution in [2.45, 2.75) is 32.6 Å². The highest BCUT2D eigenvalue weighted by Gasteiger charge is 2.15. The van der Waals surface area contributed by atoms with E-state index in [4.69, 9.17) is 14.6 Å². The van der Waals surface area contributed by atoms with Gasteiger partial charge in [-0.3, -0.25) is 4.79 Å². The van der Waals surface area contributed by atoms with E-state index < -0.39 is 0 Å². The second-order valence-electron chi connectivity index (χ2n) is 9.92. The van der Waals surface area contributed by atoms with E-state index in [-0.39, 0.29) is 5.56 Å².